The molecule has 8 heteroatoms. The van der Waals surface area contributed by atoms with Crippen molar-refractivity contribution in [2.24, 2.45) is 0 Å². The SMILES string of the molecule is COc1cccc(OC)c1OC(=O)C(CN1CCOCC1)N1CCSC(C)(C)C1. The number of ether oxygens (including phenoxy) is 4. The van der Waals surface area contributed by atoms with Crippen molar-refractivity contribution in [1.82, 2.24) is 9.80 Å². The highest BCUT2D eigenvalue weighted by atomic mass is 32.2. The fourth-order valence-electron chi connectivity index (χ4n) is 3.77. The highest BCUT2D eigenvalue weighted by Crippen LogP contribution is 2.37. The van der Waals surface area contributed by atoms with E-state index in [1.165, 1.54) is 0 Å². The van der Waals surface area contributed by atoms with Crippen LogP contribution in [0.2, 0.25) is 0 Å². The summed E-state index contributed by atoms with van der Waals surface area (Å²) in [7, 11) is 3.11. The summed E-state index contributed by atoms with van der Waals surface area (Å²) < 4.78 is 22.2. The minimum absolute atomic E-state index is 0.101. The van der Waals surface area contributed by atoms with Gasteiger partial charge in [-0.2, -0.15) is 11.8 Å². The molecule has 0 spiro atoms. The molecule has 2 aliphatic rings. The van der Waals surface area contributed by atoms with Crippen LogP contribution in [0.5, 0.6) is 17.2 Å². The van der Waals surface area contributed by atoms with Crippen molar-refractivity contribution in [2.45, 2.75) is 24.6 Å². The average molecular weight is 425 g/mol. The summed E-state index contributed by atoms with van der Waals surface area (Å²) in [6, 6.07) is 4.98. The summed E-state index contributed by atoms with van der Waals surface area (Å²) in [5.74, 6) is 2.02. The Morgan fingerprint density at radius 3 is 2.41 bits per heavy atom. The third-order valence-corrected chi connectivity index (χ3v) is 6.59. The number of carbonyl (C=O) groups is 1. The maximum Gasteiger partial charge on any atom is 0.330 e. The molecule has 1 aromatic carbocycles. The molecule has 1 atom stereocenters. The van der Waals surface area contributed by atoms with Crippen molar-refractivity contribution in [1.29, 1.82) is 0 Å². The Morgan fingerprint density at radius 2 is 1.83 bits per heavy atom. The maximum absolute atomic E-state index is 13.4. The molecule has 7 nitrogen and oxygen atoms in total. The van der Waals surface area contributed by atoms with Crippen LogP contribution in [-0.4, -0.2) is 92.5 Å². The largest absolute Gasteiger partial charge is 0.493 e. The van der Waals surface area contributed by atoms with Gasteiger partial charge in [0.1, 0.15) is 6.04 Å². The highest BCUT2D eigenvalue weighted by molar-refractivity contribution is 8.00. The fourth-order valence-corrected chi connectivity index (χ4v) is 4.91. The Hall–Kier alpha value is -1.48. The number of thioether (sulfide) groups is 1. The monoisotopic (exact) mass is 424 g/mol. The Balaban J connectivity index is 1.82. The first kappa shape index (κ1) is 22.2. The van der Waals surface area contributed by atoms with Crippen LogP contribution in [0.15, 0.2) is 18.2 Å². The Morgan fingerprint density at radius 1 is 1.17 bits per heavy atom. The topological polar surface area (TPSA) is 60.5 Å². The van der Waals surface area contributed by atoms with E-state index in [1.807, 2.05) is 17.8 Å². The molecule has 0 bridgehead atoms. The van der Waals surface area contributed by atoms with Gasteiger partial charge in [0, 0.05) is 43.2 Å². The number of rotatable bonds is 7. The van der Waals surface area contributed by atoms with Gasteiger partial charge in [-0.05, 0) is 26.0 Å². The van der Waals surface area contributed by atoms with Crippen LogP contribution in [0.1, 0.15) is 13.8 Å². The van der Waals surface area contributed by atoms with Crippen molar-refractivity contribution in [3.63, 3.8) is 0 Å². The van der Waals surface area contributed by atoms with Gasteiger partial charge in [0.25, 0.3) is 0 Å². The number of hydrogen-bond acceptors (Lipinski definition) is 8. The van der Waals surface area contributed by atoms with Crippen molar-refractivity contribution < 1.29 is 23.7 Å². The second kappa shape index (κ2) is 10.0. The van der Waals surface area contributed by atoms with Crippen LogP contribution in [-0.2, 0) is 9.53 Å². The quantitative estimate of drug-likeness (QED) is 0.487. The summed E-state index contributed by atoms with van der Waals surface area (Å²) in [5.41, 5.74) is 0. The third-order valence-electron chi connectivity index (χ3n) is 5.29. The normalized spacial score (nSPS) is 21.4. The van der Waals surface area contributed by atoms with E-state index in [0.29, 0.717) is 37.0 Å². The van der Waals surface area contributed by atoms with Crippen LogP contribution in [0.25, 0.3) is 0 Å². The molecule has 1 aromatic rings. The smallest absolute Gasteiger partial charge is 0.330 e. The lowest BCUT2D eigenvalue weighted by atomic mass is 10.1. The van der Waals surface area contributed by atoms with Gasteiger partial charge in [0.05, 0.1) is 27.4 Å². The molecular weight excluding hydrogens is 392 g/mol. The predicted molar refractivity (Wildman–Crippen MR) is 114 cm³/mol. The molecule has 0 aromatic heterocycles. The zero-order chi connectivity index (χ0) is 20.9. The third kappa shape index (κ3) is 5.78. The molecular formula is C21H32N2O5S. The molecule has 29 heavy (non-hydrogen) atoms. The van der Waals surface area contributed by atoms with E-state index in [1.54, 1.807) is 26.4 Å². The van der Waals surface area contributed by atoms with Crippen LogP contribution >= 0.6 is 11.8 Å². The summed E-state index contributed by atoms with van der Waals surface area (Å²) in [5, 5.41) is 0. The predicted octanol–water partition coefficient (Wildman–Crippen LogP) is 2.14. The number of carbonyl (C=O) groups excluding carboxylic acids is 1. The second-order valence-electron chi connectivity index (χ2n) is 7.92. The molecule has 3 rings (SSSR count). The number of esters is 1. The first-order valence-corrected chi connectivity index (χ1v) is 11.0. The van der Waals surface area contributed by atoms with E-state index < -0.39 is 0 Å². The minimum atomic E-state index is -0.358. The van der Waals surface area contributed by atoms with E-state index in [0.717, 1.165) is 31.9 Å². The Kier molecular flexibility index (Phi) is 7.67. The zero-order valence-corrected chi connectivity index (χ0v) is 18.6. The molecule has 2 aliphatic heterocycles. The second-order valence-corrected chi connectivity index (χ2v) is 9.72. The summed E-state index contributed by atoms with van der Waals surface area (Å²) in [6.07, 6.45) is 0. The summed E-state index contributed by atoms with van der Waals surface area (Å²) >= 11 is 1.95. The zero-order valence-electron chi connectivity index (χ0n) is 17.8. The van der Waals surface area contributed by atoms with Crippen LogP contribution in [0.3, 0.4) is 0 Å². The maximum atomic E-state index is 13.4. The first-order chi connectivity index (χ1) is 13.9. The van der Waals surface area contributed by atoms with Crippen molar-refractivity contribution in [3.8, 4) is 17.2 Å². The van der Waals surface area contributed by atoms with Crippen LogP contribution in [0, 0.1) is 0 Å². The van der Waals surface area contributed by atoms with Crippen molar-refractivity contribution in [3.05, 3.63) is 18.2 Å². The highest BCUT2D eigenvalue weighted by Gasteiger charge is 2.37. The molecule has 2 saturated heterocycles. The van der Waals surface area contributed by atoms with Crippen molar-refractivity contribution >= 4 is 17.7 Å². The summed E-state index contributed by atoms with van der Waals surface area (Å²) in [6.45, 7) is 9.83. The Labute approximate surface area is 177 Å². The number of nitrogens with zero attached hydrogens (tertiary/aromatic N) is 2. The van der Waals surface area contributed by atoms with Gasteiger partial charge in [-0.15, -0.1) is 0 Å². The van der Waals surface area contributed by atoms with Gasteiger partial charge < -0.3 is 18.9 Å². The number of para-hydroxylation sites is 1. The minimum Gasteiger partial charge on any atom is -0.493 e. The summed E-state index contributed by atoms with van der Waals surface area (Å²) in [4.78, 5) is 17.9. The van der Waals surface area contributed by atoms with Crippen LogP contribution in [0.4, 0.5) is 0 Å². The van der Waals surface area contributed by atoms with Crippen molar-refractivity contribution in [2.75, 3.05) is 65.9 Å². The fraction of sp³-hybridized carbons (Fsp3) is 0.667. The number of benzene rings is 1. The number of hydrogen-bond donors (Lipinski definition) is 0. The molecule has 0 saturated carbocycles. The number of morpholine rings is 1. The van der Waals surface area contributed by atoms with E-state index in [-0.39, 0.29) is 16.8 Å². The number of methoxy groups -OCH3 is 2. The van der Waals surface area contributed by atoms with Gasteiger partial charge in [-0.25, -0.2) is 4.79 Å². The van der Waals surface area contributed by atoms with E-state index in [4.69, 9.17) is 18.9 Å². The van der Waals surface area contributed by atoms with Gasteiger partial charge in [-0.1, -0.05) is 6.07 Å². The van der Waals surface area contributed by atoms with Gasteiger partial charge in [0.2, 0.25) is 5.75 Å². The lowest BCUT2D eigenvalue weighted by Crippen LogP contribution is -2.57. The molecule has 0 radical (unpaired) electrons. The van der Waals surface area contributed by atoms with E-state index in [9.17, 15) is 4.79 Å². The lowest BCUT2D eigenvalue weighted by Gasteiger charge is -2.42. The molecule has 2 fully saturated rings. The van der Waals surface area contributed by atoms with Crippen LogP contribution < -0.4 is 14.2 Å². The Bertz CT molecular complexity index is 671. The molecule has 0 N–H and O–H groups in total. The average Bonchev–Trinajstić information content (AvgIpc) is 2.72. The molecule has 0 amide bonds. The van der Waals surface area contributed by atoms with Gasteiger partial charge in [0.15, 0.2) is 11.5 Å². The van der Waals surface area contributed by atoms with E-state index >= 15 is 0 Å². The van der Waals surface area contributed by atoms with Gasteiger partial charge >= 0.3 is 5.97 Å². The molecule has 1 unspecified atom stereocenters. The van der Waals surface area contributed by atoms with E-state index in [2.05, 4.69) is 23.6 Å². The lowest BCUT2D eigenvalue weighted by molar-refractivity contribution is -0.142. The molecule has 162 valence electrons. The molecule has 2 heterocycles. The van der Waals surface area contributed by atoms with Gasteiger partial charge in [-0.3, -0.25) is 9.80 Å². The molecule has 0 aliphatic carbocycles. The standard InChI is InChI=1S/C21H32N2O5S/c1-21(2)15-23(10-13-29-21)16(14-22-8-11-27-12-9-22)20(24)28-19-17(25-3)6-5-7-18(19)26-4/h5-7,16H,8-15H2,1-4H3. The first-order valence-electron chi connectivity index (χ1n) is 10.0.